The van der Waals surface area contributed by atoms with E-state index in [0.717, 1.165) is 24.0 Å². The molecule has 0 saturated carbocycles. The summed E-state index contributed by atoms with van der Waals surface area (Å²) in [5.74, 6) is 1.78. The first kappa shape index (κ1) is 17.9. The number of benzene rings is 2. The molecule has 0 aliphatic rings. The fourth-order valence-corrected chi connectivity index (χ4v) is 2.52. The maximum absolute atomic E-state index is 10.8. The summed E-state index contributed by atoms with van der Waals surface area (Å²) in [7, 11) is 1.63. The van der Waals surface area contributed by atoms with Crippen LogP contribution in [0.15, 0.2) is 48.5 Å². The van der Waals surface area contributed by atoms with Crippen molar-refractivity contribution in [1.29, 1.82) is 0 Å². The van der Waals surface area contributed by atoms with Crippen molar-refractivity contribution in [2.75, 3.05) is 7.11 Å². The van der Waals surface area contributed by atoms with Crippen LogP contribution in [-0.2, 0) is 17.8 Å². The van der Waals surface area contributed by atoms with Gasteiger partial charge in [0.15, 0.2) is 11.5 Å². The van der Waals surface area contributed by atoms with Crippen LogP contribution in [0.5, 0.6) is 11.5 Å². The maximum Gasteiger partial charge on any atom is 0.207 e. The van der Waals surface area contributed by atoms with Gasteiger partial charge in [-0.25, -0.2) is 0 Å². The maximum atomic E-state index is 10.8. The molecule has 0 aliphatic heterocycles. The van der Waals surface area contributed by atoms with Gasteiger partial charge in [-0.15, -0.1) is 0 Å². The van der Waals surface area contributed by atoms with Crippen LogP contribution in [-0.4, -0.2) is 19.6 Å². The van der Waals surface area contributed by atoms with Crippen molar-refractivity contribution in [3.63, 3.8) is 0 Å². The Morgan fingerprint density at radius 1 is 1.04 bits per heavy atom. The molecule has 0 saturated heterocycles. The molecule has 1 unspecified atom stereocenters. The third-order valence-corrected chi connectivity index (χ3v) is 4.01. The molecule has 0 aliphatic carbocycles. The molecule has 2 rings (SSSR count). The van der Waals surface area contributed by atoms with Crippen molar-refractivity contribution < 1.29 is 14.3 Å². The second-order valence-corrected chi connectivity index (χ2v) is 6.10. The number of carbonyl (C=O) groups excluding carboxylic acids is 1. The van der Waals surface area contributed by atoms with Gasteiger partial charge in [0.05, 0.1) is 7.11 Å². The predicted octanol–water partition coefficient (Wildman–Crippen LogP) is 3.59. The summed E-state index contributed by atoms with van der Waals surface area (Å²) in [6, 6.07) is 16.0. The second kappa shape index (κ2) is 8.96. The van der Waals surface area contributed by atoms with E-state index in [0.29, 0.717) is 24.0 Å². The minimum Gasteiger partial charge on any atom is -0.493 e. The van der Waals surface area contributed by atoms with E-state index in [9.17, 15) is 4.79 Å². The topological polar surface area (TPSA) is 47.6 Å². The molecule has 128 valence electrons. The lowest BCUT2D eigenvalue weighted by Gasteiger charge is -2.21. The van der Waals surface area contributed by atoms with Crippen LogP contribution in [0.2, 0.25) is 0 Å². The molecule has 4 nitrogen and oxygen atoms in total. The minimum absolute atomic E-state index is 0.0952. The second-order valence-electron chi connectivity index (χ2n) is 6.10. The summed E-state index contributed by atoms with van der Waals surface area (Å²) >= 11 is 0. The van der Waals surface area contributed by atoms with Gasteiger partial charge in [-0.3, -0.25) is 4.79 Å². The van der Waals surface area contributed by atoms with Crippen molar-refractivity contribution in [1.82, 2.24) is 5.32 Å². The highest BCUT2D eigenvalue weighted by Crippen LogP contribution is 2.29. The first-order valence-corrected chi connectivity index (χ1v) is 8.17. The number of carbonyl (C=O) groups is 1. The standard InChI is InChI=1S/C20H25NO3/c1-15(2)18(21-14-22)11-17-9-10-19(23-3)20(12-17)24-13-16-7-5-4-6-8-16/h4-10,12,14-15,18H,11,13H2,1-3H3,(H,21,22). The number of nitrogens with one attached hydrogen (secondary N) is 1. The van der Waals surface area contributed by atoms with E-state index >= 15 is 0 Å². The van der Waals surface area contributed by atoms with Crippen LogP contribution in [0.4, 0.5) is 0 Å². The molecule has 4 heteroatoms. The van der Waals surface area contributed by atoms with E-state index in [2.05, 4.69) is 19.2 Å². The van der Waals surface area contributed by atoms with E-state index < -0.39 is 0 Å². The van der Waals surface area contributed by atoms with Gasteiger partial charge < -0.3 is 14.8 Å². The molecule has 0 bridgehead atoms. The summed E-state index contributed by atoms with van der Waals surface area (Å²) < 4.78 is 11.3. The third-order valence-electron chi connectivity index (χ3n) is 4.01. The van der Waals surface area contributed by atoms with E-state index in [-0.39, 0.29) is 6.04 Å². The lowest BCUT2D eigenvalue weighted by Crippen LogP contribution is -2.34. The van der Waals surface area contributed by atoms with Gasteiger partial charge in [-0.2, -0.15) is 0 Å². The summed E-state index contributed by atoms with van der Waals surface area (Å²) in [6.45, 7) is 4.68. The van der Waals surface area contributed by atoms with E-state index in [1.807, 2.05) is 48.5 Å². The number of methoxy groups -OCH3 is 1. The highest BCUT2D eigenvalue weighted by atomic mass is 16.5. The first-order chi connectivity index (χ1) is 11.6. The highest BCUT2D eigenvalue weighted by molar-refractivity contribution is 5.47. The largest absolute Gasteiger partial charge is 0.493 e. The smallest absolute Gasteiger partial charge is 0.207 e. The molecule has 0 radical (unpaired) electrons. The molecule has 1 N–H and O–H groups in total. The molecular weight excluding hydrogens is 302 g/mol. The quantitative estimate of drug-likeness (QED) is 0.716. The predicted molar refractivity (Wildman–Crippen MR) is 95.3 cm³/mol. The Labute approximate surface area is 143 Å². The lowest BCUT2D eigenvalue weighted by atomic mass is 9.96. The molecule has 0 fully saturated rings. The van der Waals surface area contributed by atoms with E-state index in [1.165, 1.54) is 0 Å². The third kappa shape index (κ3) is 5.01. The SMILES string of the molecule is COc1ccc(CC(NC=O)C(C)C)cc1OCc1ccccc1. The minimum atomic E-state index is 0.0952. The van der Waals surface area contributed by atoms with Gasteiger partial charge in [-0.1, -0.05) is 50.2 Å². The van der Waals surface area contributed by atoms with Crippen LogP contribution in [0.3, 0.4) is 0 Å². The molecule has 2 aromatic rings. The number of hydrogen-bond acceptors (Lipinski definition) is 3. The molecule has 24 heavy (non-hydrogen) atoms. The first-order valence-electron chi connectivity index (χ1n) is 8.17. The molecule has 2 aromatic carbocycles. The van der Waals surface area contributed by atoms with Crippen LogP contribution >= 0.6 is 0 Å². The van der Waals surface area contributed by atoms with E-state index in [1.54, 1.807) is 7.11 Å². The zero-order valence-electron chi connectivity index (χ0n) is 14.5. The van der Waals surface area contributed by atoms with Crippen LogP contribution in [0.25, 0.3) is 0 Å². The number of hydrogen-bond donors (Lipinski definition) is 1. The van der Waals surface area contributed by atoms with Gasteiger partial charge in [-0.05, 0) is 35.6 Å². The number of rotatable bonds is 9. The van der Waals surface area contributed by atoms with Gasteiger partial charge >= 0.3 is 0 Å². The summed E-state index contributed by atoms with van der Waals surface area (Å²) in [5, 5.41) is 2.88. The van der Waals surface area contributed by atoms with Gasteiger partial charge in [0.25, 0.3) is 0 Å². The monoisotopic (exact) mass is 327 g/mol. The lowest BCUT2D eigenvalue weighted by molar-refractivity contribution is -0.110. The highest BCUT2D eigenvalue weighted by Gasteiger charge is 2.14. The Bertz CT molecular complexity index is 641. The molecule has 0 heterocycles. The summed E-state index contributed by atoms with van der Waals surface area (Å²) in [6.07, 6.45) is 1.52. The summed E-state index contributed by atoms with van der Waals surface area (Å²) in [4.78, 5) is 10.8. The number of ether oxygens (including phenoxy) is 2. The van der Waals surface area contributed by atoms with Crippen molar-refractivity contribution in [2.24, 2.45) is 5.92 Å². The van der Waals surface area contributed by atoms with Crippen LogP contribution in [0.1, 0.15) is 25.0 Å². The Morgan fingerprint density at radius 2 is 1.79 bits per heavy atom. The van der Waals surface area contributed by atoms with Crippen molar-refractivity contribution in [2.45, 2.75) is 32.9 Å². The zero-order chi connectivity index (χ0) is 17.4. The fraction of sp³-hybridized carbons (Fsp3) is 0.350. The van der Waals surface area contributed by atoms with Crippen molar-refractivity contribution in [3.05, 3.63) is 59.7 Å². The van der Waals surface area contributed by atoms with Gasteiger partial charge in [0.2, 0.25) is 6.41 Å². The Kier molecular flexibility index (Phi) is 6.67. The molecular formula is C20H25NO3. The molecule has 0 spiro atoms. The average Bonchev–Trinajstić information content (AvgIpc) is 2.60. The molecule has 1 amide bonds. The van der Waals surface area contributed by atoms with Crippen molar-refractivity contribution >= 4 is 6.41 Å². The molecule has 0 aromatic heterocycles. The Balaban J connectivity index is 2.12. The van der Waals surface area contributed by atoms with Crippen LogP contribution in [0, 0.1) is 5.92 Å². The summed E-state index contributed by atoms with van der Waals surface area (Å²) in [5.41, 5.74) is 2.21. The normalized spacial score (nSPS) is 11.8. The Hall–Kier alpha value is -2.49. The van der Waals surface area contributed by atoms with Gasteiger partial charge in [0.1, 0.15) is 6.61 Å². The van der Waals surface area contributed by atoms with E-state index in [4.69, 9.17) is 9.47 Å². The number of amides is 1. The van der Waals surface area contributed by atoms with Gasteiger partial charge in [0, 0.05) is 6.04 Å². The fourth-order valence-electron chi connectivity index (χ4n) is 2.52. The Morgan fingerprint density at radius 3 is 2.42 bits per heavy atom. The zero-order valence-corrected chi connectivity index (χ0v) is 14.5. The molecule has 1 atom stereocenters. The van der Waals surface area contributed by atoms with Crippen molar-refractivity contribution in [3.8, 4) is 11.5 Å². The average molecular weight is 327 g/mol. The van der Waals surface area contributed by atoms with Crippen LogP contribution < -0.4 is 14.8 Å².